The van der Waals surface area contributed by atoms with Crippen molar-refractivity contribution in [1.29, 1.82) is 0 Å². The van der Waals surface area contributed by atoms with Crippen LogP contribution in [0.4, 0.5) is 0 Å². The van der Waals surface area contributed by atoms with Gasteiger partial charge in [-0.1, -0.05) is 12.1 Å². The van der Waals surface area contributed by atoms with Gasteiger partial charge in [0.2, 0.25) is 0 Å². The molecule has 0 heterocycles. The van der Waals surface area contributed by atoms with Crippen LogP contribution in [-0.2, 0) is 4.74 Å². The van der Waals surface area contributed by atoms with Crippen LogP contribution >= 0.6 is 0 Å². The summed E-state index contributed by atoms with van der Waals surface area (Å²) >= 11 is 0. The van der Waals surface area contributed by atoms with Crippen LogP contribution in [0.1, 0.15) is 29.8 Å². The van der Waals surface area contributed by atoms with Gasteiger partial charge in [-0.15, -0.1) is 0 Å². The maximum atomic E-state index is 11.3. The Bertz CT molecular complexity index is 369. The van der Waals surface area contributed by atoms with Crippen molar-refractivity contribution in [3.05, 3.63) is 35.4 Å². The highest BCUT2D eigenvalue weighted by molar-refractivity contribution is 5.99. The molecule has 0 aromatic heterocycles. The third-order valence-corrected chi connectivity index (χ3v) is 2.01. The molecule has 4 heteroatoms. The monoisotopic (exact) mass is 206 g/mol. The lowest BCUT2D eigenvalue weighted by Gasteiger charge is -2.03. The lowest BCUT2D eigenvalue weighted by Crippen LogP contribution is -2.05. The van der Waals surface area contributed by atoms with Crippen molar-refractivity contribution in [1.82, 2.24) is 0 Å². The van der Waals surface area contributed by atoms with Crippen LogP contribution in [0.2, 0.25) is 0 Å². The number of nitrogens with zero attached hydrogens (tertiary/aromatic N) is 1. The highest BCUT2D eigenvalue weighted by Gasteiger charge is 2.05. The third-order valence-electron chi connectivity index (χ3n) is 2.01. The van der Waals surface area contributed by atoms with Crippen molar-refractivity contribution in [2.75, 3.05) is 6.61 Å². The quantitative estimate of drug-likeness (QED) is 0.353. The Balaban J connectivity index is 2.85. The normalized spacial score (nSPS) is 11.2. The number of hydrogen-bond donors (Lipinski definition) is 1. The van der Waals surface area contributed by atoms with E-state index in [1.54, 1.807) is 38.1 Å². The van der Waals surface area contributed by atoms with Crippen molar-refractivity contribution >= 4 is 11.7 Å². The number of esters is 1. The van der Waals surface area contributed by atoms with Crippen molar-refractivity contribution in [2.45, 2.75) is 13.8 Å². The Hall–Kier alpha value is -1.84. The van der Waals surface area contributed by atoms with E-state index in [0.29, 0.717) is 12.2 Å². The van der Waals surface area contributed by atoms with Crippen LogP contribution in [-0.4, -0.2) is 18.3 Å². The largest absolute Gasteiger partial charge is 0.462 e. The maximum absolute atomic E-state index is 11.3. The van der Waals surface area contributed by atoms with Crippen molar-refractivity contribution in [2.24, 2.45) is 10.9 Å². The Morgan fingerprint density at radius 2 is 1.87 bits per heavy atom. The van der Waals surface area contributed by atoms with Gasteiger partial charge in [-0.3, -0.25) is 0 Å². The van der Waals surface area contributed by atoms with E-state index >= 15 is 0 Å². The third kappa shape index (κ3) is 2.80. The summed E-state index contributed by atoms with van der Waals surface area (Å²) in [6.07, 6.45) is 0. The molecule has 0 aliphatic rings. The molecule has 15 heavy (non-hydrogen) atoms. The molecule has 0 spiro atoms. The van der Waals surface area contributed by atoms with Crippen molar-refractivity contribution in [3.63, 3.8) is 0 Å². The maximum Gasteiger partial charge on any atom is 0.338 e. The van der Waals surface area contributed by atoms with Crippen LogP contribution in [0.5, 0.6) is 0 Å². The number of hydrogen-bond acceptors (Lipinski definition) is 4. The lowest BCUT2D eigenvalue weighted by molar-refractivity contribution is 0.0526. The number of carbonyl (C=O) groups is 1. The zero-order chi connectivity index (χ0) is 11.3. The van der Waals surface area contributed by atoms with Crippen LogP contribution in [0, 0.1) is 0 Å². The minimum atomic E-state index is -0.314. The fourth-order valence-corrected chi connectivity index (χ4v) is 1.14. The molecule has 0 saturated carbocycles. The standard InChI is InChI=1S/C11H14N2O2/c1-3-15-11(14)10-6-4-9(5-7-10)8(2)13-12/h4-7H,3,12H2,1-2H3/b13-8+. The molecule has 0 saturated heterocycles. The van der Waals surface area contributed by atoms with Crippen LogP contribution in [0.15, 0.2) is 29.4 Å². The molecule has 1 aromatic rings. The van der Waals surface area contributed by atoms with Crippen LogP contribution < -0.4 is 5.84 Å². The van der Waals surface area contributed by atoms with Gasteiger partial charge >= 0.3 is 5.97 Å². The zero-order valence-corrected chi connectivity index (χ0v) is 8.86. The van der Waals surface area contributed by atoms with Gasteiger partial charge in [0.25, 0.3) is 0 Å². The number of nitrogens with two attached hydrogens (primary N) is 1. The smallest absolute Gasteiger partial charge is 0.338 e. The Labute approximate surface area is 88.7 Å². The molecule has 0 aliphatic carbocycles. The predicted molar refractivity (Wildman–Crippen MR) is 58.8 cm³/mol. The van der Waals surface area contributed by atoms with E-state index in [-0.39, 0.29) is 5.97 Å². The summed E-state index contributed by atoms with van der Waals surface area (Å²) in [5.41, 5.74) is 2.15. The first kappa shape index (κ1) is 11.2. The minimum absolute atomic E-state index is 0.314. The second-order valence-corrected chi connectivity index (χ2v) is 3.01. The molecule has 1 aromatic carbocycles. The minimum Gasteiger partial charge on any atom is -0.462 e. The fraction of sp³-hybridized carbons (Fsp3) is 0.273. The van der Waals surface area contributed by atoms with Gasteiger partial charge < -0.3 is 10.6 Å². The number of carbonyl (C=O) groups excluding carboxylic acids is 1. The van der Waals surface area contributed by atoms with E-state index in [1.807, 2.05) is 0 Å². The van der Waals surface area contributed by atoms with E-state index in [4.69, 9.17) is 10.6 Å². The summed E-state index contributed by atoms with van der Waals surface area (Å²) in [5.74, 6) is 4.83. The first-order valence-corrected chi connectivity index (χ1v) is 4.71. The van der Waals surface area contributed by atoms with E-state index in [2.05, 4.69) is 5.10 Å². The first-order valence-electron chi connectivity index (χ1n) is 4.71. The van der Waals surface area contributed by atoms with E-state index < -0.39 is 0 Å². The van der Waals surface area contributed by atoms with Gasteiger partial charge in [0, 0.05) is 0 Å². The molecule has 80 valence electrons. The molecule has 0 bridgehead atoms. The summed E-state index contributed by atoms with van der Waals surface area (Å²) in [7, 11) is 0. The van der Waals surface area contributed by atoms with E-state index in [1.165, 1.54) is 0 Å². The van der Waals surface area contributed by atoms with Gasteiger partial charge in [-0.2, -0.15) is 5.10 Å². The lowest BCUT2D eigenvalue weighted by atomic mass is 10.1. The molecular weight excluding hydrogens is 192 g/mol. The van der Waals surface area contributed by atoms with Crippen LogP contribution in [0.25, 0.3) is 0 Å². The number of benzene rings is 1. The predicted octanol–water partition coefficient (Wildman–Crippen LogP) is 1.55. The molecule has 2 N–H and O–H groups in total. The molecule has 0 amide bonds. The number of rotatable bonds is 3. The Morgan fingerprint density at radius 3 is 2.33 bits per heavy atom. The molecule has 0 fully saturated rings. The van der Waals surface area contributed by atoms with E-state index in [9.17, 15) is 4.79 Å². The molecule has 0 aliphatic heterocycles. The fourth-order valence-electron chi connectivity index (χ4n) is 1.14. The number of hydrazone groups is 1. The summed E-state index contributed by atoms with van der Waals surface area (Å²) in [4.78, 5) is 11.3. The highest BCUT2D eigenvalue weighted by atomic mass is 16.5. The molecule has 1 rings (SSSR count). The average Bonchev–Trinajstić information content (AvgIpc) is 2.28. The molecular formula is C11H14N2O2. The Morgan fingerprint density at radius 1 is 1.33 bits per heavy atom. The molecule has 4 nitrogen and oxygen atoms in total. The topological polar surface area (TPSA) is 64.7 Å². The second kappa shape index (κ2) is 5.14. The zero-order valence-electron chi connectivity index (χ0n) is 8.86. The van der Waals surface area contributed by atoms with Crippen LogP contribution in [0.3, 0.4) is 0 Å². The molecule has 0 unspecified atom stereocenters. The molecule has 0 radical (unpaired) electrons. The van der Waals surface area contributed by atoms with Crippen molar-refractivity contribution < 1.29 is 9.53 Å². The average molecular weight is 206 g/mol. The SMILES string of the molecule is CCOC(=O)c1ccc(/C(C)=N/N)cc1. The van der Waals surface area contributed by atoms with Gasteiger partial charge in [-0.05, 0) is 31.5 Å². The van der Waals surface area contributed by atoms with Gasteiger partial charge in [0.15, 0.2) is 0 Å². The van der Waals surface area contributed by atoms with Gasteiger partial charge in [-0.25, -0.2) is 4.79 Å². The Kier molecular flexibility index (Phi) is 3.85. The second-order valence-electron chi connectivity index (χ2n) is 3.01. The van der Waals surface area contributed by atoms with Crippen molar-refractivity contribution in [3.8, 4) is 0 Å². The number of ether oxygens (including phenoxy) is 1. The summed E-state index contributed by atoms with van der Waals surface area (Å²) in [6.45, 7) is 3.96. The summed E-state index contributed by atoms with van der Waals surface area (Å²) in [5, 5.41) is 3.57. The van der Waals surface area contributed by atoms with Gasteiger partial charge in [0.1, 0.15) is 0 Å². The van der Waals surface area contributed by atoms with Gasteiger partial charge in [0.05, 0.1) is 17.9 Å². The molecule has 0 atom stereocenters. The highest BCUT2D eigenvalue weighted by Crippen LogP contribution is 2.06. The first-order chi connectivity index (χ1) is 7.19. The summed E-state index contributed by atoms with van der Waals surface area (Å²) in [6, 6.07) is 6.97. The summed E-state index contributed by atoms with van der Waals surface area (Å²) < 4.78 is 4.86. The van der Waals surface area contributed by atoms with E-state index in [0.717, 1.165) is 11.3 Å².